The smallest absolute Gasteiger partial charge is 0.113 e. The lowest BCUT2D eigenvalue weighted by Crippen LogP contribution is -2.14. The van der Waals surface area contributed by atoms with Crippen molar-refractivity contribution >= 4 is 57.6 Å². The van der Waals surface area contributed by atoms with Crippen molar-refractivity contribution in [3.05, 3.63) is 182 Å². The van der Waals surface area contributed by atoms with E-state index in [9.17, 15) is 0 Å². The highest BCUT2D eigenvalue weighted by molar-refractivity contribution is 8.00. The largest absolute Gasteiger partial charge is 0.308 e. The Labute approximate surface area is 331 Å². The third-order valence-corrected chi connectivity index (χ3v) is 12.3. The van der Waals surface area contributed by atoms with E-state index in [4.69, 9.17) is 0 Å². The van der Waals surface area contributed by atoms with Crippen LogP contribution in [0.5, 0.6) is 0 Å². The number of fused-ring (bicyclic) bond motifs is 4. The molecule has 2 aliphatic rings. The summed E-state index contributed by atoms with van der Waals surface area (Å²) in [5.74, 6) is 0. The molecule has 0 N–H and O–H groups in total. The van der Waals surface area contributed by atoms with Gasteiger partial charge in [0.15, 0.2) is 0 Å². The first-order chi connectivity index (χ1) is 27.7. The fourth-order valence-electron chi connectivity index (χ4n) is 7.35. The van der Waals surface area contributed by atoms with Gasteiger partial charge in [0.1, 0.15) is 11.4 Å². The zero-order valence-electron chi connectivity index (χ0n) is 29.7. The van der Waals surface area contributed by atoms with Crippen LogP contribution in [0, 0.1) is 0 Å². The van der Waals surface area contributed by atoms with Gasteiger partial charge in [0.25, 0.3) is 0 Å². The minimum Gasteiger partial charge on any atom is -0.308 e. The molecule has 11 rings (SSSR count). The summed E-state index contributed by atoms with van der Waals surface area (Å²) in [5, 5.41) is 18.1. The van der Waals surface area contributed by atoms with Gasteiger partial charge >= 0.3 is 0 Å². The van der Waals surface area contributed by atoms with Crippen molar-refractivity contribution in [2.45, 2.75) is 19.6 Å². The van der Waals surface area contributed by atoms with Crippen LogP contribution in [-0.2, 0) is 0 Å². The normalized spacial score (nSPS) is 12.8. The second-order valence-electron chi connectivity index (χ2n) is 13.5. The Kier molecular flexibility index (Phi) is 7.82. The molecular formula is C46H30N8S2. The molecule has 2 aliphatic heterocycles. The van der Waals surface area contributed by atoms with E-state index in [1.807, 2.05) is 60.2 Å². The topological polar surface area (TPSA) is 67.9 Å². The number of anilines is 6. The van der Waals surface area contributed by atoms with Gasteiger partial charge in [-0.05, 0) is 91.0 Å². The van der Waals surface area contributed by atoms with Crippen LogP contribution in [0.1, 0.15) is 0 Å². The molecule has 56 heavy (non-hydrogen) atoms. The van der Waals surface area contributed by atoms with Crippen LogP contribution in [0.4, 0.5) is 34.1 Å². The zero-order valence-corrected chi connectivity index (χ0v) is 31.3. The van der Waals surface area contributed by atoms with Gasteiger partial charge in [-0.15, -0.1) is 10.2 Å². The van der Waals surface area contributed by atoms with Crippen molar-refractivity contribution in [3.63, 3.8) is 0 Å². The fourth-order valence-corrected chi connectivity index (χ4v) is 9.47. The fraction of sp³-hybridized carbons (Fsp3) is 0. The molecule has 0 amide bonds. The van der Waals surface area contributed by atoms with Crippen molar-refractivity contribution in [1.82, 2.24) is 30.0 Å². The summed E-state index contributed by atoms with van der Waals surface area (Å²) in [5.41, 5.74) is 12.2. The minimum absolute atomic E-state index is 0.790. The maximum atomic E-state index is 4.55. The quantitative estimate of drug-likeness (QED) is 0.166. The Bertz CT molecular complexity index is 2620. The summed E-state index contributed by atoms with van der Waals surface area (Å²) in [6.07, 6.45) is 3.92. The number of benzene rings is 7. The predicted octanol–water partition coefficient (Wildman–Crippen LogP) is 12.1. The van der Waals surface area contributed by atoms with E-state index in [0.717, 1.165) is 45.3 Å². The maximum absolute atomic E-state index is 4.55. The highest BCUT2D eigenvalue weighted by Gasteiger charge is 2.26. The molecule has 266 valence electrons. The maximum Gasteiger partial charge on any atom is 0.113 e. The lowest BCUT2D eigenvalue weighted by molar-refractivity contribution is 0.786. The summed E-state index contributed by atoms with van der Waals surface area (Å²) in [7, 11) is 0. The van der Waals surface area contributed by atoms with E-state index in [-0.39, 0.29) is 0 Å². The average Bonchev–Trinajstić information content (AvgIpc) is 3.97. The SMILES string of the molecule is c1cc(-n2cc(-c3ccc(N4c5ccccc5Sc5ccccc54)cc3)nn2)cc(-n2cc(-c3ccc(N4c5ccccc5Sc5ccccc54)cc3)nn2)c1. The molecule has 9 aromatic rings. The van der Waals surface area contributed by atoms with E-state index < -0.39 is 0 Å². The van der Waals surface area contributed by atoms with Crippen LogP contribution in [0.25, 0.3) is 33.9 Å². The van der Waals surface area contributed by atoms with Crippen molar-refractivity contribution in [3.8, 4) is 33.9 Å². The molecule has 0 bridgehead atoms. The molecule has 10 heteroatoms. The number of para-hydroxylation sites is 4. The van der Waals surface area contributed by atoms with Crippen LogP contribution in [0.3, 0.4) is 0 Å². The summed E-state index contributed by atoms with van der Waals surface area (Å²) in [6, 6.07) is 59.3. The van der Waals surface area contributed by atoms with Crippen LogP contribution in [0.15, 0.2) is 202 Å². The first kappa shape index (κ1) is 32.5. The number of hydrogen-bond acceptors (Lipinski definition) is 8. The molecule has 2 aromatic heterocycles. The molecule has 8 nitrogen and oxygen atoms in total. The lowest BCUT2D eigenvalue weighted by atomic mass is 10.1. The Morgan fingerprint density at radius 2 is 0.696 bits per heavy atom. The summed E-state index contributed by atoms with van der Waals surface area (Å²) in [4.78, 5) is 9.60. The highest BCUT2D eigenvalue weighted by atomic mass is 32.2. The second-order valence-corrected chi connectivity index (χ2v) is 15.6. The van der Waals surface area contributed by atoms with Gasteiger partial charge in [0.05, 0.1) is 46.5 Å². The van der Waals surface area contributed by atoms with Gasteiger partial charge < -0.3 is 9.80 Å². The first-order valence-electron chi connectivity index (χ1n) is 18.2. The predicted molar refractivity (Wildman–Crippen MR) is 225 cm³/mol. The number of aromatic nitrogens is 6. The molecule has 0 spiro atoms. The monoisotopic (exact) mass is 758 g/mol. The van der Waals surface area contributed by atoms with Crippen LogP contribution in [-0.4, -0.2) is 30.0 Å². The third kappa shape index (κ3) is 5.66. The molecule has 0 saturated heterocycles. The molecule has 4 heterocycles. The Morgan fingerprint density at radius 1 is 0.339 bits per heavy atom. The molecule has 0 atom stereocenters. The summed E-state index contributed by atoms with van der Waals surface area (Å²) in [6.45, 7) is 0. The van der Waals surface area contributed by atoms with E-state index in [1.165, 1.54) is 42.3 Å². The van der Waals surface area contributed by atoms with Gasteiger partial charge in [0, 0.05) is 42.1 Å². The first-order valence-corrected chi connectivity index (χ1v) is 19.9. The molecule has 7 aromatic carbocycles. The highest BCUT2D eigenvalue weighted by Crippen LogP contribution is 2.52. The third-order valence-electron chi connectivity index (χ3n) is 10.1. The number of nitrogens with zero attached hydrogens (tertiary/aromatic N) is 8. The van der Waals surface area contributed by atoms with E-state index in [1.54, 1.807) is 9.36 Å². The molecule has 0 radical (unpaired) electrons. The molecule has 0 fully saturated rings. The second kappa shape index (κ2) is 13.5. The van der Waals surface area contributed by atoms with E-state index >= 15 is 0 Å². The molecule has 0 aliphatic carbocycles. The van der Waals surface area contributed by atoms with Gasteiger partial charge in [0.2, 0.25) is 0 Å². The minimum atomic E-state index is 0.790. The van der Waals surface area contributed by atoms with Gasteiger partial charge in [-0.25, -0.2) is 9.36 Å². The van der Waals surface area contributed by atoms with Crippen LogP contribution >= 0.6 is 23.5 Å². The van der Waals surface area contributed by atoms with Crippen LogP contribution in [0.2, 0.25) is 0 Å². The Morgan fingerprint density at radius 3 is 1.07 bits per heavy atom. The Balaban J connectivity index is 0.832. The van der Waals surface area contributed by atoms with E-state index in [2.05, 4.69) is 176 Å². The van der Waals surface area contributed by atoms with E-state index in [0.29, 0.717) is 0 Å². The van der Waals surface area contributed by atoms with Gasteiger partial charge in [-0.1, -0.05) is 113 Å². The summed E-state index contributed by atoms with van der Waals surface area (Å²) < 4.78 is 3.60. The Hall–Kier alpha value is -6.88. The average molecular weight is 759 g/mol. The van der Waals surface area contributed by atoms with Crippen LogP contribution < -0.4 is 9.80 Å². The number of rotatable bonds is 6. The van der Waals surface area contributed by atoms with Crippen molar-refractivity contribution < 1.29 is 0 Å². The van der Waals surface area contributed by atoms with Gasteiger partial charge in [-0.2, -0.15) is 0 Å². The summed E-state index contributed by atoms with van der Waals surface area (Å²) >= 11 is 3.62. The number of hydrogen-bond donors (Lipinski definition) is 0. The molecule has 0 unspecified atom stereocenters. The zero-order chi connectivity index (χ0) is 37.0. The molecular weight excluding hydrogens is 729 g/mol. The van der Waals surface area contributed by atoms with Crippen molar-refractivity contribution in [1.29, 1.82) is 0 Å². The standard InChI is InChI=1S/C46H30N8S2/c1-5-16-43-39(12-1)53(40-13-2-6-17-44(40)55-43)33-24-20-31(21-25-33)37-29-51(49-47-37)35-10-9-11-36(28-35)52-30-38(48-50-52)32-22-26-34(27-23-32)54-41-14-3-7-18-45(41)56-46-19-8-4-15-42(46)54/h1-30H. The van der Waals surface area contributed by atoms with Crippen molar-refractivity contribution in [2.75, 3.05) is 9.80 Å². The van der Waals surface area contributed by atoms with Gasteiger partial charge in [-0.3, -0.25) is 0 Å². The lowest BCUT2D eigenvalue weighted by Gasteiger charge is -2.32. The molecule has 0 saturated carbocycles. The van der Waals surface area contributed by atoms with Crippen molar-refractivity contribution in [2.24, 2.45) is 0 Å².